The highest BCUT2D eigenvalue weighted by Crippen LogP contribution is 2.53. The van der Waals surface area contributed by atoms with Crippen molar-refractivity contribution >= 4 is 46.0 Å². The van der Waals surface area contributed by atoms with Gasteiger partial charge in [-0.1, -0.05) is 26.8 Å². The standard InChI is InChI=1S/C25H29F2N4O6PS/c1-6-37-38(34)19-12-15(30-39(5,35)36)8-10-18(19)28-23(29-38)20-21(32)22(25(2,3)4)31(24(20)33)13-14-7-9-16(26)17(27)11-14/h7-12,22,30,32H,6,13H2,1-5H3,(H,28,29,34)/t22-,38?/m1/s1. The Balaban J connectivity index is 1.79. The van der Waals surface area contributed by atoms with Crippen LogP contribution in [0.5, 0.6) is 0 Å². The molecule has 2 aliphatic rings. The van der Waals surface area contributed by atoms with Gasteiger partial charge in [0.2, 0.25) is 10.0 Å². The highest BCUT2D eigenvalue weighted by Gasteiger charge is 2.48. The number of anilines is 2. The third-order valence-electron chi connectivity index (χ3n) is 6.09. The number of halogens is 2. The van der Waals surface area contributed by atoms with Crippen LogP contribution in [0.4, 0.5) is 20.2 Å². The average molecular weight is 583 g/mol. The Labute approximate surface area is 225 Å². The lowest BCUT2D eigenvalue weighted by Gasteiger charge is -2.35. The number of rotatable bonds is 7. The van der Waals surface area contributed by atoms with Gasteiger partial charge in [-0.05, 0) is 48.2 Å². The minimum atomic E-state index is -4.03. The van der Waals surface area contributed by atoms with E-state index in [9.17, 15) is 31.7 Å². The highest BCUT2D eigenvalue weighted by molar-refractivity contribution is 7.92. The average Bonchev–Trinajstić information content (AvgIpc) is 3.05. The summed E-state index contributed by atoms with van der Waals surface area (Å²) in [5.41, 5.74) is -0.235. The Hall–Kier alpha value is -3.28. The summed E-state index contributed by atoms with van der Waals surface area (Å²) in [5, 5.41) is 14.3. The largest absolute Gasteiger partial charge is 0.509 e. The van der Waals surface area contributed by atoms with E-state index in [1.54, 1.807) is 27.7 Å². The van der Waals surface area contributed by atoms with E-state index in [1.165, 1.54) is 29.2 Å². The molecule has 0 spiro atoms. The van der Waals surface area contributed by atoms with E-state index in [0.717, 1.165) is 18.4 Å². The SMILES string of the molecule is CCOP1(=O)N=C(C2=C(O)[C@H](C(C)(C)C)N(Cc3ccc(F)c(F)c3)C2=O)Nc2ccc(NS(C)(=O)=O)cc21. The number of carbonyl (C=O) groups excluding carboxylic acids is 1. The molecule has 4 rings (SSSR count). The number of nitrogens with one attached hydrogen (secondary N) is 2. The van der Waals surface area contributed by atoms with Crippen molar-refractivity contribution in [3.05, 3.63) is 64.9 Å². The van der Waals surface area contributed by atoms with Crippen LogP contribution in [0.1, 0.15) is 33.3 Å². The molecule has 0 saturated carbocycles. The number of aliphatic hydroxyl groups is 1. The fraction of sp³-hybridized carbons (Fsp3) is 0.360. The van der Waals surface area contributed by atoms with Gasteiger partial charge in [-0.25, -0.2) is 17.2 Å². The topological polar surface area (TPSA) is 137 Å². The molecule has 0 aliphatic carbocycles. The maximum absolute atomic E-state index is 13.9. The molecular formula is C25H29F2N4O6PS. The Morgan fingerprint density at radius 3 is 2.46 bits per heavy atom. The molecule has 0 saturated heterocycles. The molecule has 2 aromatic rings. The number of aliphatic hydroxyl groups excluding tert-OH is 1. The fourth-order valence-corrected chi connectivity index (χ4v) is 6.99. The van der Waals surface area contributed by atoms with Crippen molar-refractivity contribution in [3.8, 4) is 0 Å². The summed E-state index contributed by atoms with van der Waals surface area (Å²) in [7, 11) is -7.65. The molecule has 0 radical (unpaired) electrons. The van der Waals surface area contributed by atoms with E-state index in [1.807, 2.05) is 0 Å². The fourth-order valence-electron chi connectivity index (χ4n) is 4.63. The second kappa shape index (κ2) is 10.0. The number of amidine groups is 1. The first kappa shape index (κ1) is 28.7. The zero-order valence-electron chi connectivity index (χ0n) is 21.9. The Bertz CT molecular complexity index is 1570. The van der Waals surface area contributed by atoms with Gasteiger partial charge < -0.3 is 19.8 Å². The number of hydrogen-bond donors (Lipinski definition) is 3. The zero-order valence-corrected chi connectivity index (χ0v) is 23.7. The van der Waals surface area contributed by atoms with Crippen molar-refractivity contribution in [2.45, 2.75) is 40.3 Å². The molecule has 0 bridgehead atoms. The lowest BCUT2D eigenvalue weighted by atomic mass is 9.85. The van der Waals surface area contributed by atoms with Gasteiger partial charge >= 0.3 is 7.52 Å². The van der Waals surface area contributed by atoms with Crippen LogP contribution in [0.15, 0.2) is 52.5 Å². The predicted octanol–water partition coefficient (Wildman–Crippen LogP) is 4.28. The first-order chi connectivity index (χ1) is 18.0. The Kier molecular flexibility index (Phi) is 7.39. The molecule has 1 amide bonds. The summed E-state index contributed by atoms with van der Waals surface area (Å²) in [5.74, 6) is -3.27. The molecule has 2 aromatic carbocycles. The molecule has 2 aliphatic heterocycles. The minimum Gasteiger partial charge on any atom is -0.509 e. The van der Waals surface area contributed by atoms with Crippen LogP contribution in [-0.2, 0) is 30.5 Å². The molecule has 39 heavy (non-hydrogen) atoms. The third-order valence-corrected chi connectivity index (χ3v) is 8.75. The van der Waals surface area contributed by atoms with Crippen LogP contribution in [0.25, 0.3) is 0 Å². The maximum Gasteiger partial charge on any atom is 0.348 e. The highest BCUT2D eigenvalue weighted by atomic mass is 32.2. The molecule has 210 valence electrons. The van der Waals surface area contributed by atoms with E-state index in [2.05, 4.69) is 14.8 Å². The summed E-state index contributed by atoms with van der Waals surface area (Å²) in [6, 6.07) is 6.64. The van der Waals surface area contributed by atoms with Crippen molar-refractivity contribution in [1.82, 2.24) is 4.90 Å². The van der Waals surface area contributed by atoms with Crippen LogP contribution < -0.4 is 15.3 Å². The van der Waals surface area contributed by atoms with Gasteiger partial charge in [0, 0.05) is 12.2 Å². The summed E-state index contributed by atoms with van der Waals surface area (Å²) < 4.78 is 76.8. The van der Waals surface area contributed by atoms with E-state index in [-0.39, 0.29) is 47.0 Å². The van der Waals surface area contributed by atoms with Crippen molar-refractivity contribution < 1.29 is 36.2 Å². The second-order valence-electron chi connectivity index (χ2n) is 10.3. The van der Waals surface area contributed by atoms with E-state index in [0.29, 0.717) is 5.56 Å². The molecule has 3 N–H and O–H groups in total. The predicted molar refractivity (Wildman–Crippen MR) is 145 cm³/mol. The van der Waals surface area contributed by atoms with Crippen molar-refractivity contribution in [2.24, 2.45) is 10.2 Å². The Morgan fingerprint density at radius 1 is 1.18 bits per heavy atom. The number of carbonyl (C=O) groups is 1. The molecule has 10 nitrogen and oxygen atoms in total. The lowest BCUT2D eigenvalue weighted by Crippen LogP contribution is -2.43. The van der Waals surface area contributed by atoms with Gasteiger partial charge in [0.15, 0.2) is 17.5 Å². The number of amides is 1. The van der Waals surface area contributed by atoms with Gasteiger partial charge in [-0.15, -0.1) is 0 Å². The van der Waals surface area contributed by atoms with Crippen molar-refractivity contribution in [3.63, 3.8) is 0 Å². The van der Waals surface area contributed by atoms with Crippen molar-refractivity contribution in [1.29, 1.82) is 0 Å². The van der Waals surface area contributed by atoms with Gasteiger partial charge in [0.05, 0.1) is 29.9 Å². The van der Waals surface area contributed by atoms with Gasteiger partial charge in [-0.3, -0.25) is 14.1 Å². The summed E-state index contributed by atoms with van der Waals surface area (Å²) in [4.78, 5) is 15.1. The van der Waals surface area contributed by atoms with Crippen molar-refractivity contribution in [2.75, 3.05) is 22.9 Å². The van der Waals surface area contributed by atoms with Gasteiger partial charge in [-0.2, -0.15) is 4.76 Å². The quantitative estimate of drug-likeness (QED) is 0.415. The van der Waals surface area contributed by atoms with Crippen LogP contribution in [-0.4, -0.2) is 49.1 Å². The second-order valence-corrected chi connectivity index (χ2v) is 14.1. The number of benzene rings is 2. The number of fused-ring (bicyclic) bond motifs is 1. The summed E-state index contributed by atoms with van der Waals surface area (Å²) >= 11 is 0. The number of hydrogen-bond acceptors (Lipinski definition) is 7. The molecule has 14 heteroatoms. The molecule has 2 heterocycles. The molecule has 0 aromatic heterocycles. The van der Waals surface area contributed by atoms with E-state index < -0.39 is 46.5 Å². The molecule has 1 unspecified atom stereocenters. The first-order valence-electron chi connectivity index (χ1n) is 12.0. The number of nitrogens with zero attached hydrogens (tertiary/aromatic N) is 2. The van der Waals surface area contributed by atoms with Gasteiger partial charge in [0.25, 0.3) is 5.91 Å². The van der Waals surface area contributed by atoms with Crippen LogP contribution in [0.3, 0.4) is 0 Å². The maximum atomic E-state index is 13.9. The van der Waals surface area contributed by atoms with Crippen LogP contribution >= 0.6 is 7.52 Å². The summed E-state index contributed by atoms with van der Waals surface area (Å²) in [6.45, 7) is 6.85. The monoisotopic (exact) mass is 582 g/mol. The lowest BCUT2D eigenvalue weighted by molar-refractivity contribution is -0.129. The van der Waals surface area contributed by atoms with E-state index in [4.69, 9.17) is 4.52 Å². The zero-order chi connectivity index (χ0) is 28.9. The van der Waals surface area contributed by atoms with Gasteiger partial charge in [0.1, 0.15) is 11.3 Å². The minimum absolute atomic E-state index is 0.0108. The van der Waals surface area contributed by atoms with E-state index >= 15 is 0 Å². The normalized spacial score (nSPS) is 21.5. The van der Waals surface area contributed by atoms with Crippen LogP contribution in [0.2, 0.25) is 0 Å². The smallest absolute Gasteiger partial charge is 0.348 e. The third kappa shape index (κ3) is 5.70. The number of sulfonamides is 1. The molecule has 2 atom stereocenters. The summed E-state index contributed by atoms with van der Waals surface area (Å²) in [6.07, 6.45) is 0.974. The molecule has 0 fully saturated rings. The molecular weight excluding hydrogens is 553 g/mol. The van der Waals surface area contributed by atoms with Crippen LogP contribution in [0, 0.1) is 17.0 Å². The first-order valence-corrected chi connectivity index (χ1v) is 15.4. The Morgan fingerprint density at radius 2 is 1.87 bits per heavy atom.